The quantitative estimate of drug-likeness (QED) is 0.718. The van der Waals surface area contributed by atoms with Gasteiger partial charge in [-0.1, -0.05) is 18.2 Å². The van der Waals surface area contributed by atoms with Crippen LogP contribution in [0.3, 0.4) is 0 Å². The average Bonchev–Trinajstić information content (AvgIpc) is 3.09. The zero-order valence-corrected chi connectivity index (χ0v) is 10.7. The molecule has 2 aromatic heterocycles. The number of hydrogen-bond acceptors (Lipinski definition) is 4. The number of benzene rings is 1. The van der Waals surface area contributed by atoms with Crippen molar-refractivity contribution >= 4 is 11.3 Å². The molecule has 3 nitrogen and oxygen atoms in total. The fraction of sp³-hybridized carbons (Fsp3) is 0.0714. The van der Waals surface area contributed by atoms with Crippen LogP contribution in [0.4, 0.5) is 4.39 Å². The van der Waals surface area contributed by atoms with Gasteiger partial charge in [0.2, 0.25) is 5.89 Å². The van der Waals surface area contributed by atoms with Gasteiger partial charge in [0.1, 0.15) is 18.6 Å². The Balaban J connectivity index is 1.70. The molecule has 0 bridgehead atoms. The molecule has 3 aromatic rings. The molecule has 3 rings (SSSR count). The molecule has 0 saturated carbocycles. The van der Waals surface area contributed by atoms with E-state index in [9.17, 15) is 4.39 Å². The predicted molar refractivity (Wildman–Crippen MR) is 70.5 cm³/mol. The van der Waals surface area contributed by atoms with Crippen molar-refractivity contribution in [3.63, 3.8) is 0 Å². The number of oxazole rings is 1. The molecule has 0 aliphatic heterocycles. The Morgan fingerprint density at radius 1 is 1.21 bits per heavy atom. The zero-order valence-electron chi connectivity index (χ0n) is 9.88. The second kappa shape index (κ2) is 5.24. The first-order chi connectivity index (χ1) is 9.33. The molecule has 5 heteroatoms. The minimum absolute atomic E-state index is 0.176. The minimum Gasteiger partial charge on any atom is -0.484 e. The molecule has 0 spiro atoms. The molecule has 0 aliphatic carbocycles. The summed E-state index contributed by atoms with van der Waals surface area (Å²) >= 11 is 1.55. The van der Waals surface area contributed by atoms with Crippen LogP contribution in [-0.4, -0.2) is 4.98 Å². The van der Waals surface area contributed by atoms with E-state index in [1.54, 1.807) is 29.5 Å². The fourth-order valence-electron chi connectivity index (χ4n) is 1.60. The van der Waals surface area contributed by atoms with Crippen molar-refractivity contribution in [2.24, 2.45) is 0 Å². The lowest BCUT2D eigenvalue weighted by atomic mass is 10.3. The molecule has 0 fully saturated rings. The van der Waals surface area contributed by atoms with Gasteiger partial charge >= 0.3 is 0 Å². The maximum atomic E-state index is 13.4. The lowest BCUT2D eigenvalue weighted by molar-refractivity contribution is 0.285. The standard InChI is InChI=1S/C14H10FNO2S/c15-11-4-1-2-5-12(11)17-8-10-9-18-14(16-10)13-6-3-7-19-13/h1-7,9H,8H2. The van der Waals surface area contributed by atoms with Crippen molar-refractivity contribution in [2.45, 2.75) is 6.61 Å². The molecule has 0 amide bonds. The average molecular weight is 275 g/mol. The first-order valence-electron chi connectivity index (χ1n) is 5.68. The SMILES string of the molecule is Fc1ccccc1OCc1coc(-c2cccs2)n1. The molecule has 2 heterocycles. The van der Waals surface area contributed by atoms with E-state index in [1.165, 1.54) is 12.3 Å². The van der Waals surface area contributed by atoms with Crippen molar-refractivity contribution in [3.05, 3.63) is 59.6 Å². The van der Waals surface area contributed by atoms with Crippen LogP contribution in [0.25, 0.3) is 10.8 Å². The number of rotatable bonds is 4. The van der Waals surface area contributed by atoms with Gasteiger partial charge in [-0.25, -0.2) is 9.37 Å². The Kier molecular flexibility index (Phi) is 3.29. The molecule has 0 N–H and O–H groups in total. The van der Waals surface area contributed by atoms with Crippen LogP contribution in [0.5, 0.6) is 5.75 Å². The van der Waals surface area contributed by atoms with Gasteiger partial charge in [0.05, 0.1) is 4.88 Å². The Morgan fingerprint density at radius 3 is 2.89 bits per heavy atom. The maximum Gasteiger partial charge on any atom is 0.236 e. The molecule has 0 unspecified atom stereocenters. The van der Waals surface area contributed by atoms with Crippen LogP contribution in [0.15, 0.2) is 52.5 Å². The number of nitrogens with zero attached hydrogens (tertiary/aromatic N) is 1. The van der Waals surface area contributed by atoms with Gasteiger partial charge < -0.3 is 9.15 Å². The summed E-state index contributed by atoms with van der Waals surface area (Å²) in [6.45, 7) is 0.176. The third kappa shape index (κ3) is 2.66. The van der Waals surface area contributed by atoms with Crippen LogP contribution in [-0.2, 0) is 6.61 Å². The summed E-state index contributed by atoms with van der Waals surface area (Å²) in [6.07, 6.45) is 1.52. The number of thiophene rings is 1. The summed E-state index contributed by atoms with van der Waals surface area (Å²) in [6, 6.07) is 10.1. The normalized spacial score (nSPS) is 10.6. The van der Waals surface area contributed by atoms with Gasteiger partial charge in [-0.2, -0.15) is 0 Å². The van der Waals surface area contributed by atoms with E-state index in [1.807, 2.05) is 17.5 Å². The van der Waals surface area contributed by atoms with E-state index in [-0.39, 0.29) is 18.2 Å². The predicted octanol–water partition coefficient (Wildman–Crippen LogP) is 4.12. The highest BCUT2D eigenvalue weighted by molar-refractivity contribution is 7.13. The van der Waals surface area contributed by atoms with Crippen molar-refractivity contribution in [2.75, 3.05) is 0 Å². The number of para-hydroxylation sites is 1. The number of hydrogen-bond donors (Lipinski definition) is 0. The van der Waals surface area contributed by atoms with Crippen LogP contribution in [0.2, 0.25) is 0 Å². The molecular formula is C14H10FNO2S. The first kappa shape index (κ1) is 11.9. The highest BCUT2D eigenvalue weighted by Crippen LogP contribution is 2.24. The summed E-state index contributed by atoms with van der Waals surface area (Å²) in [5, 5.41) is 1.95. The van der Waals surface area contributed by atoms with E-state index < -0.39 is 0 Å². The molecular weight excluding hydrogens is 265 g/mol. The smallest absolute Gasteiger partial charge is 0.236 e. The Labute approximate surface area is 113 Å². The van der Waals surface area contributed by atoms with Gasteiger partial charge in [0.25, 0.3) is 0 Å². The minimum atomic E-state index is -0.385. The van der Waals surface area contributed by atoms with Crippen molar-refractivity contribution in [3.8, 4) is 16.5 Å². The Morgan fingerprint density at radius 2 is 2.11 bits per heavy atom. The van der Waals surface area contributed by atoms with Crippen LogP contribution >= 0.6 is 11.3 Å². The van der Waals surface area contributed by atoms with E-state index in [0.717, 1.165) is 4.88 Å². The van der Waals surface area contributed by atoms with E-state index in [2.05, 4.69) is 4.98 Å². The Hall–Kier alpha value is -2.14. The summed E-state index contributed by atoms with van der Waals surface area (Å²) < 4.78 is 24.1. The first-order valence-corrected chi connectivity index (χ1v) is 6.56. The molecule has 0 saturated heterocycles. The lowest BCUT2D eigenvalue weighted by Crippen LogP contribution is -1.97. The third-order valence-electron chi connectivity index (χ3n) is 2.50. The molecule has 19 heavy (non-hydrogen) atoms. The lowest BCUT2D eigenvalue weighted by Gasteiger charge is -2.03. The Bertz CT molecular complexity index is 664. The monoisotopic (exact) mass is 275 g/mol. The van der Waals surface area contributed by atoms with E-state index in [4.69, 9.17) is 9.15 Å². The van der Waals surface area contributed by atoms with Crippen molar-refractivity contribution in [1.82, 2.24) is 4.98 Å². The fourth-order valence-corrected chi connectivity index (χ4v) is 2.26. The number of ether oxygens (including phenoxy) is 1. The molecule has 96 valence electrons. The van der Waals surface area contributed by atoms with Crippen LogP contribution in [0, 0.1) is 5.82 Å². The summed E-state index contributed by atoms with van der Waals surface area (Å²) in [5.41, 5.74) is 0.631. The van der Waals surface area contributed by atoms with Gasteiger partial charge in [-0.15, -0.1) is 11.3 Å². The summed E-state index contributed by atoms with van der Waals surface area (Å²) in [5.74, 6) is 0.384. The van der Waals surface area contributed by atoms with Gasteiger partial charge in [-0.05, 0) is 23.6 Å². The van der Waals surface area contributed by atoms with Crippen molar-refractivity contribution in [1.29, 1.82) is 0 Å². The molecule has 0 atom stereocenters. The van der Waals surface area contributed by atoms with Gasteiger partial charge in [0, 0.05) is 0 Å². The van der Waals surface area contributed by atoms with E-state index in [0.29, 0.717) is 11.6 Å². The molecule has 0 radical (unpaired) electrons. The summed E-state index contributed by atoms with van der Waals surface area (Å²) in [7, 11) is 0. The number of halogens is 1. The van der Waals surface area contributed by atoms with Crippen molar-refractivity contribution < 1.29 is 13.5 Å². The third-order valence-corrected chi connectivity index (χ3v) is 3.35. The van der Waals surface area contributed by atoms with Crippen LogP contribution in [0.1, 0.15) is 5.69 Å². The topological polar surface area (TPSA) is 35.3 Å². The second-order valence-corrected chi connectivity index (χ2v) is 4.79. The number of aromatic nitrogens is 1. The maximum absolute atomic E-state index is 13.4. The zero-order chi connectivity index (χ0) is 13.1. The van der Waals surface area contributed by atoms with Gasteiger partial charge in [0.15, 0.2) is 11.6 Å². The second-order valence-electron chi connectivity index (χ2n) is 3.84. The summed E-state index contributed by atoms with van der Waals surface area (Å²) in [4.78, 5) is 5.25. The highest BCUT2D eigenvalue weighted by Gasteiger charge is 2.09. The highest BCUT2D eigenvalue weighted by atomic mass is 32.1. The molecule has 1 aromatic carbocycles. The molecule has 0 aliphatic rings. The van der Waals surface area contributed by atoms with E-state index >= 15 is 0 Å². The van der Waals surface area contributed by atoms with Gasteiger partial charge in [-0.3, -0.25) is 0 Å². The van der Waals surface area contributed by atoms with Crippen LogP contribution < -0.4 is 4.74 Å². The largest absolute Gasteiger partial charge is 0.484 e.